The number of nitrogens with two attached hydrogens (primary N) is 1. The molecule has 0 spiro atoms. The number of rotatable bonds is 4. The Labute approximate surface area is 119 Å². The second-order valence-electron chi connectivity index (χ2n) is 4.05. The molecule has 2 heterocycles. The topological polar surface area (TPSA) is 51.8 Å². The van der Waals surface area contributed by atoms with Crippen LogP contribution in [0.5, 0.6) is 0 Å². The summed E-state index contributed by atoms with van der Waals surface area (Å²) in [6.07, 6.45) is 1.62. The van der Waals surface area contributed by atoms with E-state index in [2.05, 4.69) is 33.5 Å². The normalized spacial score (nSPS) is 12.7. The summed E-state index contributed by atoms with van der Waals surface area (Å²) in [5, 5.41) is 4.41. The maximum Gasteiger partial charge on any atom is 0.117 e. The molecular weight excluding hydrogens is 274 g/mol. The standard InChI is InChI=1S/C14H13N3S2/c15-8-13(12-6-3-7-18-12)19-14-10-4-1-2-5-11(10)16-9-17-14/h1-7,9,13H,8,15H2. The highest BCUT2D eigenvalue weighted by molar-refractivity contribution is 7.99. The predicted molar refractivity (Wildman–Crippen MR) is 81.5 cm³/mol. The van der Waals surface area contributed by atoms with Crippen LogP contribution in [-0.4, -0.2) is 16.5 Å². The number of fused-ring (bicyclic) bond motifs is 1. The summed E-state index contributed by atoms with van der Waals surface area (Å²) in [5.41, 5.74) is 6.87. The molecular formula is C14H13N3S2. The molecule has 0 radical (unpaired) electrons. The highest BCUT2D eigenvalue weighted by Gasteiger charge is 2.15. The molecule has 96 valence electrons. The monoisotopic (exact) mass is 287 g/mol. The molecule has 3 aromatic rings. The van der Waals surface area contributed by atoms with Gasteiger partial charge in [0.2, 0.25) is 0 Å². The molecule has 0 aliphatic heterocycles. The van der Waals surface area contributed by atoms with E-state index in [0.717, 1.165) is 15.9 Å². The van der Waals surface area contributed by atoms with Gasteiger partial charge in [0.25, 0.3) is 0 Å². The number of nitrogens with zero attached hydrogens (tertiary/aromatic N) is 2. The van der Waals surface area contributed by atoms with Crippen LogP contribution in [0.3, 0.4) is 0 Å². The Morgan fingerprint density at radius 1 is 1.16 bits per heavy atom. The third kappa shape index (κ3) is 2.63. The quantitative estimate of drug-likeness (QED) is 0.589. The van der Waals surface area contributed by atoms with Crippen molar-refractivity contribution in [2.45, 2.75) is 10.3 Å². The molecule has 0 aliphatic rings. The third-order valence-electron chi connectivity index (χ3n) is 2.83. The fourth-order valence-electron chi connectivity index (χ4n) is 1.91. The molecule has 0 saturated heterocycles. The summed E-state index contributed by atoms with van der Waals surface area (Å²) in [4.78, 5) is 9.98. The summed E-state index contributed by atoms with van der Waals surface area (Å²) in [6.45, 7) is 0.601. The van der Waals surface area contributed by atoms with Gasteiger partial charge in [0.15, 0.2) is 0 Å². The number of thiophene rings is 1. The van der Waals surface area contributed by atoms with Crippen LogP contribution in [0, 0.1) is 0 Å². The van der Waals surface area contributed by atoms with Gasteiger partial charge in [0.1, 0.15) is 11.4 Å². The van der Waals surface area contributed by atoms with E-state index < -0.39 is 0 Å². The van der Waals surface area contributed by atoms with Crippen LogP contribution in [0.1, 0.15) is 10.1 Å². The number of hydrogen-bond donors (Lipinski definition) is 1. The lowest BCUT2D eigenvalue weighted by atomic mass is 10.2. The number of hydrogen-bond acceptors (Lipinski definition) is 5. The first kappa shape index (κ1) is 12.6. The van der Waals surface area contributed by atoms with Crippen molar-refractivity contribution in [2.75, 3.05) is 6.54 Å². The van der Waals surface area contributed by atoms with E-state index in [-0.39, 0.29) is 5.25 Å². The van der Waals surface area contributed by atoms with Gasteiger partial charge in [0, 0.05) is 16.8 Å². The molecule has 0 amide bonds. The molecule has 0 aliphatic carbocycles. The fraction of sp³-hybridized carbons (Fsp3) is 0.143. The Kier molecular flexibility index (Phi) is 3.77. The molecule has 3 rings (SSSR count). The van der Waals surface area contributed by atoms with Gasteiger partial charge in [-0.25, -0.2) is 9.97 Å². The van der Waals surface area contributed by atoms with Gasteiger partial charge in [-0.1, -0.05) is 36.0 Å². The van der Waals surface area contributed by atoms with Crippen molar-refractivity contribution in [1.82, 2.24) is 9.97 Å². The zero-order valence-corrected chi connectivity index (χ0v) is 11.8. The first-order chi connectivity index (χ1) is 9.38. The maximum atomic E-state index is 5.90. The van der Waals surface area contributed by atoms with Crippen molar-refractivity contribution in [3.63, 3.8) is 0 Å². The molecule has 1 atom stereocenters. The maximum absolute atomic E-state index is 5.90. The number of thioether (sulfide) groups is 1. The van der Waals surface area contributed by atoms with Gasteiger partial charge < -0.3 is 5.73 Å². The van der Waals surface area contributed by atoms with Crippen molar-refractivity contribution in [3.8, 4) is 0 Å². The van der Waals surface area contributed by atoms with Crippen LogP contribution in [0.15, 0.2) is 53.1 Å². The van der Waals surface area contributed by atoms with E-state index in [1.54, 1.807) is 29.4 Å². The number of benzene rings is 1. The first-order valence-electron chi connectivity index (χ1n) is 5.98. The molecule has 2 aromatic heterocycles. The molecule has 1 aromatic carbocycles. The minimum Gasteiger partial charge on any atom is -0.329 e. The smallest absolute Gasteiger partial charge is 0.117 e. The molecule has 0 bridgehead atoms. The van der Waals surface area contributed by atoms with Crippen molar-refractivity contribution in [2.24, 2.45) is 5.73 Å². The lowest BCUT2D eigenvalue weighted by Crippen LogP contribution is -2.08. The summed E-state index contributed by atoms with van der Waals surface area (Å²) in [7, 11) is 0. The number of para-hydroxylation sites is 1. The van der Waals surface area contributed by atoms with E-state index in [1.807, 2.05) is 18.2 Å². The zero-order chi connectivity index (χ0) is 13.1. The van der Waals surface area contributed by atoms with E-state index in [0.29, 0.717) is 6.54 Å². The number of aromatic nitrogens is 2. The SMILES string of the molecule is NCC(Sc1ncnc2ccccc12)c1cccs1. The second kappa shape index (κ2) is 5.69. The van der Waals surface area contributed by atoms with Crippen LogP contribution in [0.2, 0.25) is 0 Å². The van der Waals surface area contributed by atoms with Gasteiger partial charge in [-0.3, -0.25) is 0 Å². The van der Waals surface area contributed by atoms with Gasteiger partial charge in [0.05, 0.1) is 10.8 Å². The van der Waals surface area contributed by atoms with Crippen LogP contribution < -0.4 is 5.73 Å². The molecule has 2 N–H and O–H groups in total. The van der Waals surface area contributed by atoms with E-state index >= 15 is 0 Å². The lowest BCUT2D eigenvalue weighted by molar-refractivity contribution is 0.953. The molecule has 5 heteroatoms. The van der Waals surface area contributed by atoms with Crippen molar-refractivity contribution in [1.29, 1.82) is 0 Å². The summed E-state index contributed by atoms with van der Waals surface area (Å²) >= 11 is 3.45. The van der Waals surface area contributed by atoms with E-state index in [1.165, 1.54) is 4.88 Å². The molecule has 0 saturated carbocycles. The Hall–Kier alpha value is -1.43. The van der Waals surface area contributed by atoms with E-state index in [4.69, 9.17) is 5.73 Å². The molecule has 19 heavy (non-hydrogen) atoms. The average Bonchev–Trinajstić information content (AvgIpc) is 2.99. The second-order valence-corrected chi connectivity index (χ2v) is 6.22. The molecule has 3 nitrogen and oxygen atoms in total. The summed E-state index contributed by atoms with van der Waals surface area (Å²) < 4.78 is 0. The molecule has 0 fully saturated rings. The van der Waals surface area contributed by atoms with Gasteiger partial charge in [-0.15, -0.1) is 11.3 Å². The highest BCUT2D eigenvalue weighted by atomic mass is 32.2. The Balaban J connectivity index is 1.96. The largest absolute Gasteiger partial charge is 0.329 e. The zero-order valence-electron chi connectivity index (χ0n) is 10.2. The van der Waals surface area contributed by atoms with Crippen LogP contribution in [0.4, 0.5) is 0 Å². The minimum atomic E-state index is 0.248. The lowest BCUT2D eigenvalue weighted by Gasteiger charge is -2.13. The summed E-state index contributed by atoms with van der Waals surface area (Å²) in [5.74, 6) is 0. The van der Waals surface area contributed by atoms with Crippen LogP contribution in [0.25, 0.3) is 10.9 Å². The Morgan fingerprint density at radius 3 is 2.84 bits per heavy atom. The van der Waals surface area contributed by atoms with Crippen molar-refractivity contribution in [3.05, 3.63) is 53.0 Å². The van der Waals surface area contributed by atoms with Crippen molar-refractivity contribution < 1.29 is 0 Å². The summed E-state index contributed by atoms with van der Waals surface area (Å²) in [6, 6.07) is 12.2. The average molecular weight is 287 g/mol. The van der Waals surface area contributed by atoms with Gasteiger partial charge in [-0.2, -0.15) is 0 Å². The van der Waals surface area contributed by atoms with Gasteiger partial charge >= 0.3 is 0 Å². The van der Waals surface area contributed by atoms with Crippen LogP contribution >= 0.6 is 23.1 Å². The van der Waals surface area contributed by atoms with E-state index in [9.17, 15) is 0 Å². The van der Waals surface area contributed by atoms with Gasteiger partial charge in [-0.05, 0) is 17.5 Å². The Morgan fingerprint density at radius 2 is 2.05 bits per heavy atom. The van der Waals surface area contributed by atoms with Crippen molar-refractivity contribution >= 4 is 34.0 Å². The highest BCUT2D eigenvalue weighted by Crippen LogP contribution is 2.37. The predicted octanol–water partition coefficient (Wildman–Crippen LogP) is 3.48. The Bertz CT molecular complexity index is 662. The third-order valence-corrected chi connectivity index (χ3v) is 5.25. The fourth-order valence-corrected chi connectivity index (χ4v) is 3.90. The molecule has 1 unspecified atom stereocenters. The van der Waals surface area contributed by atoms with Crippen LogP contribution in [-0.2, 0) is 0 Å². The minimum absolute atomic E-state index is 0.248. The first-order valence-corrected chi connectivity index (χ1v) is 7.74.